The van der Waals surface area contributed by atoms with Gasteiger partial charge in [-0.25, -0.2) is 4.79 Å². The van der Waals surface area contributed by atoms with Crippen molar-refractivity contribution in [2.24, 2.45) is 0 Å². The zero-order chi connectivity index (χ0) is 18.1. The van der Waals surface area contributed by atoms with Crippen LogP contribution in [0.5, 0.6) is 0 Å². The highest BCUT2D eigenvalue weighted by Gasteiger charge is 2.17. The summed E-state index contributed by atoms with van der Waals surface area (Å²) in [5.74, 6) is -1.03. The van der Waals surface area contributed by atoms with Crippen LogP contribution < -0.4 is 5.32 Å². The van der Waals surface area contributed by atoms with Gasteiger partial charge in [-0.05, 0) is 31.9 Å². The number of rotatable bonds is 5. The maximum Gasteiger partial charge on any atom is 0.340 e. The van der Waals surface area contributed by atoms with E-state index in [0.29, 0.717) is 5.69 Å². The van der Waals surface area contributed by atoms with E-state index in [1.54, 1.807) is 37.4 Å². The van der Waals surface area contributed by atoms with E-state index >= 15 is 0 Å². The van der Waals surface area contributed by atoms with Crippen LogP contribution in [0.15, 0.2) is 36.0 Å². The normalized spacial score (nSPS) is 15.0. The number of para-hydroxylation sites is 1. The summed E-state index contributed by atoms with van der Waals surface area (Å²) >= 11 is 0. The van der Waals surface area contributed by atoms with E-state index in [2.05, 4.69) is 5.32 Å². The summed E-state index contributed by atoms with van der Waals surface area (Å²) in [7, 11) is 0. The number of nitrogens with one attached hydrogen (secondary N) is 1. The molecule has 1 amide bonds. The Kier molecular flexibility index (Phi) is 7.02. The maximum atomic E-state index is 12.5. The second kappa shape index (κ2) is 9.48. The zero-order valence-electron chi connectivity index (χ0n) is 14.5. The third-order valence-corrected chi connectivity index (χ3v) is 3.99. The van der Waals surface area contributed by atoms with E-state index in [0.717, 1.165) is 25.9 Å². The maximum absolute atomic E-state index is 12.5. The van der Waals surface area contributed by atoms with Crippen molar-refractivity contribution in [2.45, 2.75) is 32.6 Å². The molecule has 1 heterocycles. The van der Waals surface area contributed by atoms with Crippen LogP contribution in [0.1, 0.15) is 43.0 Å². The predicted molar refractivity (Wildman–Crippen MR) is 94.8 cm³/mol. The van der Waals surface area contributed by atoms with Gasteiger partial charge in [0.25, 0.3) is 5.91 Å². The Morgan fingerprint density at radius 2 is 1.92 bits per heavy atom. The molecule has 0 bridgehead atoms. The Balaban J connectivity index is 2.14. The van der Waals surface area contributed by atoms with Crippen molar-refractivity contribution in [2.75, 3.05) is 25.0 Å². The molecule has 25 heavy (non-hydrogen) atoms. The summed E-state index contributed by atoms with van der Waals surface area (Å²) < 4.78 is 4.99. The topological polar surface area (TPSA) is 82.4 Å². The number of hydrogen-bond acceptors (Lipinski definition) is 5. The van der Waals surface area contributed by atoms with Gasteiger partial charge < -0.3 is 15.0 Å². The second-order valence-corrected chi connectivity index (χ2v) is 5.82. The lowest BCUT2D eigenvalue weighted by molar-refractivity contribution is -0.112. The van der Waals surface area contributed by atoms with E-state index in [9.17, 15) is 14.9 Å². The standard InChI is InChI=1S/C19H23N3O3/c1-2-25-19(24)16-9-5-6-10-17(16)21-18(23)15(13-20)14-22-11-7-3-4-8-12-22/h5-6,9-10,14H,2-4,7-8,11-12H2,1H3,(H,21,23)/b15-14-. The molecule has 6 heteroatoms. The first-order valence-electron chi connectivity index (χ1n) is 8.59. The minimum Gasteiger partial charge on any atom is -0.462 e. The fourth-order valence-electron chi connectivity index (χ4n) is 2.71. The molecular weight excluding hydrogens is 318 g/mol. The molecule has 2 rings (SSSR count). The first-order chi connectivity index (χ1) is 12.2. The number of carbonyl (C=O) groups is 2. The van der Waals surface area contributed by atoms with Gasteiger partial charge in [0.15, 0.2) is 0 Å². The molecule has 0 atom stereocenters. The van der Waals surface area contributed by atoms with Gasteiger partial charge in [-0.1, -0.05) is 25.0 Å². The summed E-state index contributed by atoms with van der Waals surface area (Å²) in [5, 5.41) is 12.0. The van der Waals surface area contributed by atoms with Gasteiger partial charge in [-0.3, -0.25) is 4.79 Å². The number of carbonyl (C=O) groups excluding carboxylic acids is 2. The van der Waals surface area contributed by atoms with Crippen LogP contribution in [0.3, 0.4) is 0 Å². The number of esters is 1. The van der Waals surface area contributed by atoms with Gasteiger partial charge in [-0.15, -0.1) is 0 Å². The third kappa shape index (κ3) is 5.35. The Morgan fingerprint density at radius 3 is 2.56 bits per heavy atom. The van der Waals surface area contributed by atoms with Crippen molar-refractivity contribution in [1.29, 1.82) is 5.26 Å². The summed E-state index contributed by atoms with van der Waals surface area (Å²) in [6.07, 6.45) is 6.08. The largest absolute Gasteiger partial charge is 0.462 e. The number of likely N-dealkylation sites (tertiary alicyclic amines) is 1. The number of hydrogen-bond donors (Lipinski definition) is 1. The Bertz CT molecular complexity index is 683. The first-order valence-corrected chi connectivity index (χ1v) is 8.59. The zero-order valence-corrected chi connectivity index (χ0v) is 14.5. The molecule has 0 aliphatic carbocycles. The molecule has 6 nitrogen and oxygen atoms in total. The molecule has 0 unspecified atom stereocenters. The van der Waals surface area contributed by atoms with Gasteiger partial charge in [-0.2, -0.15) is 5.26 Å². The minimum atomic E-state index is -0.525. The average Bonchev–Trinajstić information content (AvgIpc) is 2.88. The quantitative estimate of drug-likeness (QED) is 0.505. The summed E-state index contributed by atoms with van der Waals surface area (Å²) in [4.78, 5) is 26.5. The summed E-state index contributed by atoms with van der Waals surface area (Å²) in [6.45, 7) is 3.66. The molecule has 0 radical (unpaired) electrons. The number of benzene rings is 1. The minimum absolute atomic E-state index is 0.0283. The molecule has 0 saturated carbocycles. The van der Waals surface area contributed by atoms with E-state index in [4.69, 9.17) is 4.74 Å². The van der Waals surface area contributed by atoms with Crippen molar-refractivity contribution < 1.29 is 14.3 Å². The van der Waals surface area contributed by atoms with Gasteiger partial charge in [0, 0.05) is 19.3 Å². The molecule has 1 aliphatic heterocycles. The molecule has 132 valence electrons. The van der Waals surface area contributed by atoms with Crippen molar-refractivity contribution in [1.82, 2.24) is 4.90 Å². The van der Waals surface area contributed by atoms with Crippen LogP contribution in [-0.4, -0.2) is 36.5 Å². The van der Waals surface area contributed by atoms with E-state index in [-0.39, 0.29) is 17.7 Å². The van der Waals surface area contributed by atoms with Crippen molar-refractivity contribution in [3.8, 4) is 6.07 Å². The molecule has 1 aromatic carbocycles. The van der Waals surface area contributed by atoms with Crippen molar-refractivity contribution in [3.63, 3.8) is 0 Å². The molecule has 1 aromatic rings. The van der Waals surface area contributed by atoms with Gasteiger partial charge in [0.05, 0.1) is 17.9 Å². The lowest BCUT2D eigenvalue weighted by Gasteiger charge is -2.18. The van der Waals surface area contributed by atoms with Gasteiger partial charge in [0.1, 0.15) is 11.6 Å². The van der Waals surface area contributed by atoms with Crippen LogP contribution in [0.2, 0.25) is 0 Å². The van der Waals surface area contributed by atoms with Gasteiger partial charge >= 0.3 is 5.97 Å². The molecule has 0 aromatic heterocycles. The number of amides is 1. The van der Waals surface area contributed by atoms with E-state index in [1.807, 2.05) is 11.0 Å². The average molecular weight is 341 g/mol. The smallest absolute Gasteiger partial charge is 0.340 e. The predicted octanol–water partition coefficient (Wildman–Crippen LogP) is 3.09. The molecule has 1 saturated heterocycles. The van der Waals surface area contributed by atoms with E-state index in [1.165, 1.54) is 12.8 Å². The Labute approximate surface area is 148 Å². The van der Waals surface area contributed by atoms with Crippen LogP contribution in [0, 0.1) is 11.3 Å². The molecular formula is C19H23N3O3. The van der Waals surface area contributed by atoms with E-state index < -0.39 is 11.9 Å². The molecule has 1 N–H and O–H groups in total. The van der Waals surface area contributed by atoms with Crippen LogP contribution in [0.25, 0.3) is 0 Å². The van der Waals surface area contributed by atoms with Crippen LogP contribution in [0.4, 0.5) is 5.69 Å². The number of nitriles is 1. The molecule has 0 spiro atoms. The summed E-state index contributed by atoms with van der Waals surface area (Å²) in [6, 6.07) is 8.56. The monoisotopic (exact) mass is 341 g/mol. The van der Waals surface area contributed by atoms with Crippen molar-refractivity contribution >= 4 is 17.6 Å². The number of nitrogens with zero attached hydrogens (tertiary/aromatic N) is 2. The second-order valence-electron chi connectivity index (χ2n) is 5.82. The first kappa shape index (κ1) is 18.5. The fraction of sp³-hybridized carbons (Fsp3) is 0.421. The van der Waals surface area contributed by atoms with Gasteiger partial charge in [0.2, 0.25) is 0 Å². The Morgan fingerprint density at radius 1 is 1.24 bits per heavy atom. The SMILES string of the molecule is CCOC(=O)c1ccccc1NC(=O)/C(C#N)=C\N1CCCCCC1. The molecule has 1 fully saturated rings. The van der Waals surface area contributed by atoms with Crippen molar-refractivity contribution in [3.05, 3.63) is 41.6 Å². The summed E-state index contributed by atoms with van der Waals surface area (Å²) in [5.41, 5.74) is 0.633. The highest BCUT2D eigenvalue weighted by atomic mass is 16.5. The lowest BCUT2D eigenvalue weighted by Crippen LogP contribution is -2.22. The lowest BCUT2D eigenvalue weighted by atomic mass is 10.1. The highest BCUT2D eigenvalue weighted by molar-refractivity contribution is 6.09. The number of ether oxygens (including phenoxy) is 1. The fourth-order valence-corrected chi connectivity index (χ4v) is 2.71. The molecule has 1 aliphatic rings. The van der Waals surface area contributed by atoms with Crippen LogP contribution in [-0.2, 0) is 9.53 Å². The third-order valence-electron chi connectivity index (χ3n) is 3.99. The van der Waals surface area contributed by atoms with Crippen LogP contribution >= 0.6 is 0 Å². The Hall–Kier alpha value is -2.81. The number of anilines is 1. The highest BCUT2D eigenvalue weighted by Crippen LogP contribution is 2.18.